The van der Waals surface area contributed by atoms with Gasteiger partial charge in [0.05, 0.1) is 5.69 Å². The number of rotatable bonds is 4. The number of nitrogens with two attached hydrogens (primary N) is 1. The molecule has 0 fully saturated rings. The second kappa shape index (κ2) is 5.76. The van der Waals surface area contributed by atoms with Crippen LogP contribution in [0.2, 0.25) is 5.02 Å². The van der Waals surface area contributed by atoms with Gasteiger partial charge in [-0.1, -0.05) is 23.7 Å². The zero-order valence-electron chi connectivity index (χ0n) is 11.7. The normalized spacial score (nSPS) is 12.7. The van der Waals surface area contributed by atoms with Crippen molar-refractivity contribution in [2.45, 2.75) is 39.8 Å². The van der Waals surface area contributed by atoms with E-state index in [2.05, 4.69) is 18.1 Å². The SMILES string of the molecule is CCn1nc(C)cc1CC(N)c1ccc(C)c(Cl)c1. The minimum Gasteiger partial charge on any atom is -0.324 e. The van der Waals surface area contributed by atoms with Crippen molar-refractivity contribution in [1.29, 1.82) is 0 Å². The summed E-state index contributed by atoms with van der Waals surface area (Å²) >= 11 is 6.15. The lowest BCUT2D eigenvalue weighted by molar-refractivity contribution is 0.587. The van der Waals surface area contributed by atoms with Gasteiger partial charge in [0.2, 0.25) is 0 Å². The average Bonchev–Trinajstić information content (AvgIpc) is 2.72. The molecule has 1 atom stereocenters. The highest BCUT2D eigenvalue weighted by Crippen LogP contribution is 2.22. The molecule has 4 heteroatoms. The molecule has 0 bridgehead atoms. The first-order valence-corrected chi connectivity index (χ1v) is 6.94. The molecule has 2 rings (SSSR count). The van der Waals surface area contributed by atoms with Gasteiger partial charge < -0.3 is 5.73 Å². The van der Waals surface area contributed by atoms with Crippen LogP contribution in [0.15, 0.2) is 24.3 Å². The number of nitrogens with zero attached hydrogens (tertiary/aromatic N) is 2. The molecule has 0 aliphatic heterocycles. The summed E-state index contributed by atoms with van der Waals surface area (Å²) in [6, 6.07) is 8.06. The Bertz CT molecular complexity index is 575. The van der Waals surface area contributed by atoms with Gasteiger partial charge in [-0.3, -0.25) is 4.68 Å². The van der Waals surface area contributed by atoms with Crippen LogP contribution in [-0.2, 0) is 13.0 Å². The van der Waals surface area contributed by atoms with Crippen molar-refractivity contribution in [3.63, 3.8) is 0 Å². The van der Waals surface area contributed by atoms with Gasteiger partial charge in [-0.15, -0.1) is 0 Å². The van der Waals surface area contributed by atoms with Crippen LogP contribution in [0.3, 0.4) is 0 Å². The van der Waals surface area contributed by atoms with Crippen LogP contribution in [0.5, 0.6) is 0 Å². The largest absolute Gasteiger partial charge is 0.324 e. The fraction of sp³-hybridized carbons (Fsp3) is 0.400. The van der Waals surface area contributed by atoms with Crippen LogP contribution in [-0.4, -0.2) is 9.78 Å². The van der Waals surface area contributed by atoms with E-state index in [0.29, 0.717) is 0 Å². The number of hydrogen-bond acceptors (Lipinski definition) is 2. The molecule has 3 nitrogen and oxygen atoms in total. The summed E-state index contributed by atoms with van der Waals surface area (Å²) in [5.41, 5.74) is 10.6. The summed E-state index contributed by atoms with van der Waals surface area (Å²) in [4.78, 5) is 0. The lowest BCUT2D eigenvalue weighted by Gasteiger charge is -2.14. The first kappa shape index (κ1) is 14.1. The van der Waals surface area contributed by atoms with Crippen molar-refractivity contribution in [3.05, 3.63) is 51.8 Å². The third-order valence-electron chi connectivity index (χ3n) is 3.34. The van der Waals surface area contributed by atoms with Crippen LogP contribution in [0.25, 0.3) is 0 Å². The lowest BCUT2D eigenvalue weighted by atomic mass is 10.0. The highest BCUT2D eigenvalue weighted by Gasteiger charge is 2.12. The summed E-state index contributed by atoms with van der Waals surface area (Å²) in [5.74, 6) is 0. The molecule has 1 aromatic heterocycles. The van der Waals surface area contributed by atoms with E-state index in [1.165, 1.54) is 5.69 Å². The molecule has 2 aromatic rings. The summed E-state index contributed by atoms with van der Waals surface area (Å²) in [5, 5.41) is 5.21. The molecule has 102 valence electrons. The van der Waals surface area contributed by atoms with E-state index < -0.39 is 0 Å². The Balaban J connectivity index is 2.20. The molecule has 0 radical (unpaired) electrons. The van der Waals surface area contributed by atoms with Crippen LogP contribution in [0.4, 0.5) is 0 Å². The Morgan fingerprint density at radius 3 is 2.68 bits per heavy atom. The minimum absolute atomic E-state index is 0.0560. The van der Waals surface area contributed by atoms with Crippen molar-refractivity contribution in [1.82, 2.24) is 9.78 Å². The monoisotopic (exact) mass is 277 g/mol. The first-order chi connectivity index (χ1) is 9.01. The molecule has 0 aliphatic rings. The molecule has 0 saturated heterocycles. The molecular weight excluding hydrogens is 258 g/mol. The van der Waals surface area contributed by atoms with E-state index in [1.54, 1.807) is 0 Å². The average molecular weight is 278 g/mol. The third-order valence-corrected chi connectivity index (χ3v) is 3.75. The van der Waals surface area contributed by atoms with Crippen molar-refractivity contribution >= 4 is 11.6 Å². The molecule has 0 spiro atoms. The number of aromatic nitrogens is 2. The molecule has 0 aliphatic carbocycles. The fourth-order valence-corrected chi connectivity index (χ4v) is 2.41. The van der Waals surface area contributed by atoms with E-state index in [1.807, 2.05) is 36.7 Å². The minimum atomic E-state index is -0.0560. The molecule has 1 unspecified atom stereocenters. The van der Waals surface area contributed by atoms with Crippen LogP contribution < -0.4 is 5.73 Å². The van der Waals surface area contributed by atoms with E-state index in [4.69, 9.17) is 17.3 Å². The standard InChI is InChI=1S/C15H20ClN3/c1-4-19-13(7-11(3)18-19)9-15(17)12-6-5-10(2)14(16)8-12/h5-8,15H,4,9,17H2,1-3H3. The van der Waals surface area contributed by atoms with Crippen LogP contribution >= 0.6 is 11.6 Å². The highest BCUT2D eigenvalue weighted by atomic mass is 35.5. The quantitative estimate of drug-likeness (QED) is 0.931. The van der Waals surface area contributed by atoms with Crippen molar-refractivity contribution in [3.8, 4) is 0 Å². The van der Waals surface area contributed by atoms with Gasteiger partial charge in [0.15, 0.2) is 0 Å². The zero-order valence-corrected chi connectivity index (χ0v) is 12.4. The molecule has 0 saturated carbocycles. The fourth-order valence-electron chi connectivity index (χ4n) is 2.22. The molecule has 1 aromatic carbocycles. The first-order valence-electron chi connectivity index (χ1n) is 6.56. The van der Waals surface area contributed by atoms with Gasteiger partial charge in [0, 0.05) is 29.7 Å². The van der Waals surface area contributed by atoms with Gasteiger partial charge in [-0.25, -0.2) is 0 Å². The van der Waals surface area contributed by atoms with E-state index in [9.17, 15) is 0 Å². The third kappa shape index (κ3) is 3.17. The maximum absolute atomic E-state index is 6.28. The predicted octanol–water partition coefficient (Wildman–Crippen LogP) is 3.42. The Hall–Kier alpha value is -1.32. The topological polar surface area (TPSA) is 43.8 Å². The maximum Gasteiger partial charge on any atom is 0.0596 e. The van der Waals surface area contributed by atoms with Crippen LogP contribution in [0.1, 0.15) is 35.5 Å². The van der Waals surface area contributed by atoms with Crippen molar-refractivity contribution in [2.24, 2.45) is 5.73 Å². The molecule has 1 heterocycles. The van der Waals surface area contributed by atoms with Crippen molar-refractivity contribution in [2.75, 3.05) is 0 Å². The Morgan fingerprint density at radius 2 is 2.05 bits per heavy atom. The molecule has 2 N–H and O–H groups in total. The Labute approximate surface area is 119 Å². The summed E-state index contributed by atoms with van der Waals surface area (Å²) in [7, 11) is 0. The second-order valence-corrected chi connectivity index (χ2v) is 5.32. The molecule has 0 amide bonds. The smallest absolute Gasteiger partial charge is 0.0596 e. The van der Waals surface area contributed by atoms with E-state index >= 15 is 0 Å². The second-order valence-electron chi connectivity index (χ2n) is 4.91. The van der Waals surface area contributed by atoms with Gasteiger partial charge in [-0.05, 0) is 44.0 Å². The highest BCUT2D eigenvalue weighted by molar-refractivity contribution is 6.31. The van der Waals surface area contributed by atoms with Gasteiger partial charge >= 0.3 is 0 Å². The molecule has 19 heavy (non-hydrogen) atoms. The summed E-state index contributed by atoms with van der Waals surface area (Å²) in [6.45, 7) is 6.95. The Kier molecular flexibility index (Phi) is 4.27. The molecular formula is C15H20ClN3. The Morgan fingerprint density at radius 1 is 1.32 bits per heavy atom. The van der Waals surface area contributed by atoms with Crippen LogP contribution in [0, 0.1) is 13.8 Å². The maximum atomic E-state index is 6.28. The lowest BCUT2D eigenvalue weighted by Crippen LogP contribution is -2.16. The predicted molar refractivity (Wildman–Crippen MR) is 79.5 cm³/mol. The van der Waals surface area contributed by atoms with Crippen molar-refractivity contribution < 1.29 is 0 Å². The zero-order chi connectivity index (χ0) is 14.0. The number of halogens is 1. The summed E-state index contributed by atoms with van der Waals surface area (Å²) in [6.07, 6.45) is 0.772. The van der Waals surface area contributed by atoms with E-state index in [0.717, 1.165) is 34.8 Å². The van der Waals surface area contributed by atoms with Gasteiger partial charge in [0.1, 0.15) is 0 Å². The number of aryl methyl sites for hydroxylation is 3. The number of hydrogen-bond donors (Lipinski definition) is 1. The number of benzene rings is 1. The van der Waals surface area contributed by atoms with Gasteiger partial charge in [0.25, 0.3) is 0 Å². The van der Waals surface area contributed by atoms with Gasteiger partial charge in [-0.2, -0.15) is 5.10 Å². The van der Waals surface area contributed by atoms with E-state index in [-0.39, 0.29) is 6.04 Å². The summed E-state index contributed by atoms with van der Waals surface area (Å²) < 4.78 is 2.00.